The molecule has 34 heavy (non-hydrogen) atoms. The van der Waals surface area contributed by atoms with Gasteiger partial charge in [0.15, 0.2) is 5.65 Å². The van der Waals surface area contributed by atoms with E-state index in [0.717, 1.165) is 88.6 Å². The molecule has 1 aromatic carbocycles. The maximum absolute atomic E-state index is 6.52. The molecule has 2 aliphatic heterocycles. The minimum absolute atomic E-state index is 0.720. The molecule has 0 bridgehead atoms. The molecule has 0 saturated carbocycles. The van der Waals surface area contributed by atoms with Gasteiger partial charge in [0.25, 0.3) is 0 Å². The van der Waals surface area contributed by atoms with Gasteiger partial charge < -0.3 is 19.4 Å². The number of piperidine rings is 1. The summed E-state index contributed by atoms with van der Waals surface area (Å²) >= 11 is 10.0. The van der Waals surface area contributed by atoms with Crippen molar-refractivity contribution in [1.82, 2.24) is 25.1 Å². The zero-order chi connectivity index (χ0) is 23.7. The van der Waals surface area contributed by atoms with Gasteiger partial charge >= 0.3 is 0 Å². The number of hydrogen-bond acceptors (Lipinski definition) is 7. The molecule has 1 N–H and O–H groups in total. The average Bonchev–Trinajstić information content (AvgIpc) is 3.23. The molecular weight excluding hydrogens is 518 g/mol. The Labute approximate surface area is 213 Å². The zero-order valence-corrected chi connectivity index (χ0v) is 22.1. The van der Waals surface area contributed by atoms with Crippen molar-refractivity contribution in [2.24, 2.45) is 5.92 Å². The predicted molar refractivity (Wildman–Crippen MR) is 140 cm³/mol. The molecule has 182 valence electrons. The lowest BCUT2D eigenvalue weighted by Gasteiger charge is -2.37. The van der Waals surface area contributed by atoms with Crippen molar-refractivity contribution in [3.05, 3.63) is 33.6 Å². The van der Waals surface area contributed by atoms with E-state index in [1.807, 2.05) is 6.07 Å². The average molecular weight is 549 g/mol. The fourth-order valence-electron chi connectivity index (χ4n) is 5.01. The molecule has 0 amide bonds. The van der Waals surface area contributed by atoms with Crippen LogP contribution in [0.1, 0.15) is 24.8 Å². The minimum atomic E-state index is 0.720. The molecule has 4 heterocycles. The van der Waals surface area contributed by atoms with Crippen LogP contribution in [0.5, 0.6) is 5.75 Å². The predicted octanol–water partition coefficient (Wildman–Crippen LogP) is 4.51. The molecule has 5 rings (SSSR count). The molecule has 0 aliphatic carbocycles. The molecule has 8 nitrogen and oxygen atoms in total. The van der Waals surface area contributed by atoms with Crippen LogP contribution in [-0.4, -0.2) is 78.0 Å². The Morgan fingerprint density at radius 3 is 2.59 bits per heavy atom. The zero-order valence-electron chi connectivity index (χ0n) is 19.7. The third-order valence-corrected chi connectivity index (χ3v) is 7.92. The van der Waals surface area contributed by atoms with Gasteiger partial charge in [0, 0.05) is 42.5 Å². The Morgan fingerprint density at radius 1 is 1.09 bits per heavy atom. The number of H-pyrrole nitrogens is 1. The highest BCUT2D eigenvalue weighted by molar-refractivity contribution is 9.10. The summed E-state index contributed by atoms with van der Waals surface area (Å²) in [7, 11) is 2.20. The minimum Gasteiger partial charge on any atom is -0.493 e. The van der Waals surface area contributed by atoms with Crippen LogP contribution >= 0.6 is 27.5 Å². The maximum Gasteiger partial charge on any atom is 0.161 e. The summed E-state index contributed by atoms with van der Waals surface area (Å²) in [4.78, 5) is 15.9. The summed E-state index contributed by atoms with van der Waals surface area (Å²) in [6.45, 7) is 8.70. The van der Waals surface area contributed by atoms with Crippen LogP contribution in [0.2, 0.25) is 5.02 Å². The Kier molecular flexibility index (Phi) is 7.13. The molecule has 10 heteroatoms. The number of anilines is 2. The number of likely N-dealkylation sites (tertiary alicyclic amines) is 1. The molecule has 2 saturated heterocycles. The SMILES string of the molecule is Cc1c(OCCC2CCN(C)CC2)cc(Cl)cc1N1CCN(c2ncnc3[nH]nc(Br)c23)CC1. The van der Waals surface area contributed by atoms with E-state index >= 15 is 0 Å². The molecule has 0 unspecified atom stereocenters. The summed E-state index contributed by atoms with van der Waals surface area (Å²) in [5.74, 6) is 2.57. The second-order valence-corrected chi connectivity index (χ2v) is 10.5. The molecule has 0 atom stereocenters. The van der Waals surface area contributed by atoms with Crippen molar-refractivity contribution in [2.45, 2.75) is 26.2 Å². The Hall–Kier alpha value is -2.10. The first-order valence-corrected chi connectivity index (χ1v) is 13.1. The number of benzene rings is 1. The summed E-state index contributed by atoms with van der Waals surface area (Å²) in [5.41, 5.74) is 3.05. The number of fused-ring (bicyclic) bond motifs is 1. The fourth-order valence-corrected chi connectivity index (χ4v) is 5.67. The van der Waals surface area contributed by atoms with E-state index in [2.05, 4.69) is 70.8 Å². The number of ether oxygens (including phenoxy) is 1. The number of halogens is 2. The van der Waals surface area contributed by atoms with Crippen molar-refractivity contribution >= 4 is 50.1 Å². The van der Waals surface area contributed by atoms with Gasteiger partial charge in [-0.05, 0) is 80.3 Å². The van der Waals surface area contributed by atoms with Crippen LogP contribution in [0.4, 0.5) is 11.5 Å². The van der Waals surface area contributed by atoms with E-state index in [1.54, 1.807) is 6.33 Å². The quantitative estimate of drug-likeness (QED) is 0.486. The summed E-state index contributed by atoms with van der Waals surface area (Å²) in [6, 6.07) is 4.02. The number of nitrogens with zero attached hydrogens (tertiary/aromatic N) is 6. The first-order chi connectivity index (χ1) is 16.5. The number of hydrogen-bond donors (Lipinski definition) is 1. The number of nitrogens with one attached hydrogen (secondary N) is 1. The molecule has 2 fully saturated rings. The van der Waals surface area contributed by atoms with Crippen molar-refractivity contribution in [1.29, 1.82) is 0 Å². The van der Waals surface area contributed by atoms with Crippen molar-refractivity contribution in [2.75, 3.05) is 62.7 Å². The highest BCUT2D eigenvalue weighted by Crippen LogP contribution is 2.35. The van der Waals surface area contributed by atoms with Gasteiger partial charge in [-0.1, -0.05) is 11.6 Å². The Balaban J connectivity index is 1.24. The van der Waals surface area contributed by atoms with Crippen LogP contribution in [0.3, 0.4) is 0 Å². The normalized spacial score (nSPS) is 18.1. The first-order valence-electron chi connectivity index (χ1n) is 12.0. The van der Waals surface area contributed by atoms with Gasteiger partial charge in [-0.3, -0.25) is 5.10 Å². The van der Waals surface area contributed by atoms with Gasteiger partial charge in [-0.15, -0.1) is 0 Å². The highest BCUT2D eigenvalue weighted by Gasteiger charge is 2.24. The van der Waals surface area contributed by atoms with Crippen LogP contribution in [0, 0.1) is 12.8 Å². The topological polar surface area (TPSA) is 73.4 Å². The number of aromatic amines is 1. The van der Waals surface area contributed by atoms with Crippen LogP contribution in [0.15, 0.2) is 23.1 Å². The van der Waals surface area contributed by atoms with E-state index in [0.29, 0.717) is 0 Å². The van der Waals surface area contributed by atoms with E-state index in [4.69, 9.17) is 16.3 Å². The summed E-state index contributed by atoms with van der Waals surface area (Å²) < 4.78 is 7.00. The van der Waals surface area contributed by atoms with Crippen molar-refractivity contribution in [3.63, 3.8) is 0 Å². The molecule has 3 aromatic rings. The van der Waals surface area contributed by atoms with Crippen LogP contribution in [0.25, 0.3) is 11.0 Å². The Morgan fingerprint density at radius 2 is 1.82 bits per heavy atom. The maximum atomic E-state index is 6.52. The lowest BCUT2D eigenvalue weighted by molar-refractivity contribution is 0.187. The monoisotopic (exact) mass is 547 g/mol. The van der Waals surface area contributed by atoms with E-state index in [9.17, 15) is 0 Å². The molecule has 0 spiro atoms. The third kappa shape index (κ3) is 4.97. The summed E-state index contributed by atoms with van der Waals surface area (Å²) in [5, 5.41) is 8.81. The van der Waals surface area contributed by atoms with Crippen LogP contribution < -0.4 is 14.5 Å². The Bertz CT molecular complexity index is 1140. The molecule has 0 radical (unpaired) electrons. The smallest absolute Gasteiger partial charge is 0.161 e. The fraction of sp³-hybridized carbons (Fsp3) is 0.542. The lowest BCUT2D eigenvalue weighted by atomic mass is 9.94. The van der Waals surface area contributed by atoms with Crippen molar-refractivity contribution < 1.29 is 4.74 Å². The second-order valence-electron chi connectivity index (χ2n) is 9.34. The first kappa shape index (κ1) is 23.6. The number of rotatable bonds is 6. The van der Waals surface area contributed by atoms with Gasteiger partial charge in [0.2, 0.25) is 0 Å². The molecule has 2 aliphatic rings. The van der Waals surface area contributed by atoms with E-state index in [-0.39, 0.29) is 0 Å². The van der Waals surface area contributed by atoms with Crippen LogP contribution in [-0.2, 0) is 0 Å². The highest BCUT2D eigenvalue weighted by atomic mass is 79.9. The van der Waals surface area contributed by atoms with Gasteiger partial charge in [0.1, 0.15) is 22.5 Å². The van der Waals surface area contributed by atoms with Gasteiger partial charge in [-0.25, -0.2) is 9.97 Å². The van der Waals surface area contributed by atoms with E-state index in [1.165, 1.54) is 25.9 Å². The number of piperazine rings is 1. The standard InChI is InChI=1S/C24H31BrClN7O/c1-16-19(13-18(26)14-20(16)34-12-5-17-3-6-31(2)7-4-17)32-8-10-33(11-9-32)24-21-22(25)29-30-23(21)27-15-28-24/h13-15,17H,3-12H2,1-2H3,(H,27,28,29,30). The lowest BCUT2D eigenvalue weighted by Crippen LogP contribution is -2.47. The second kappa shape index (κ2) is 10.3. The molecular formula is C24H31BrClN7O. The summed E-state index contributed by atoms with van der Waals surface area (Å²) in [6.07, 6.45) is 5.21. The van der Waals surface area contributed by atoms with E-state index < -0.39 is 0 Å². The van der Waals surface area contributed by atoms with Gasteiger partial charge in [0.05, 0.1) is 12.0 Å². The van der Waals surface area contributed by atoms with Crippen molar-refractivity contribution in [3.8, 4) is 5.75 Å². The largest absolute Gasteiger partial charge is 0.493 e. The van der Waals surface area contributed by atoms with Gasteiger partial charge in [-0.2, -0.15) is 5.10 Å². The molecule has 2 aromatic heterocycles. The third-order valence-electron chi connectivity index (χ3n) is 7.13. The number of aromatic nitrogens is 4.